The van der Waals surface area contributed by atoms with E-state index >= 15 is 0 Å². The Hall–Kier alpha value is -3.74. The molecule has 0 fully saturated rings. The first-order valence-corrected chi connectivity index (χ1v) is 10.7. The first-order valence-electron chi connectivity index (χ1n) is 9.92. The van der Waals surface area contributed by atoms with Crippen LogP contribution >= 0.6 is 23.2 Å². The number of aromatic nitrogens is 1. The predicted octanol–water partition coefficient (Wildman–Crippen LogP) is 7.32. The van der Waals surface area contributed by atoms with Crippen LogP contribution in [0.1, 0.15) is 10.6 Å². The normalized spacial score (nSPS) is 11.0. The third kappa shape index (κ3) is 4.31. The molecule has 1 amide bonds. The standard InChI is InChI=1S/C25H16Cl2N2O4/c1-31-17-6-8-22-20(13-17)29-25(33-22)14-3-2-4-16(11-14)28-24(30)23-10-9-21(32-23)18-7-5-15(26)12-19(18)27/h2-13H,1H3,(H,28,30). The van der Waals surface area contributed by atoms with E-state index in [0.717, 1.165) is 5.56 Å². The second-order valence-electron chi connectivity index (χ2n) is 7.18. The third-order valence-corrected chi connectivity index (χ3v) is 5.54. The number of hydrogen-bond donors (Lipinski definition) is 1. The lowest BCUT2D eigenvalue weighted by Crippen LogP contribution is -2.10. The van der Waals surface area contributed by atoms with Crippen LogP contribution in [0.4, 0.5) is 5.69 Å². The SMILES string of the molecule is COc1ccc2oc(-c3cccc(NC(=O)c4ccc(-c5ccc(Cl)cc5Cl)o4)c3)nc2c1. The number of oxazole rings is 1. The Kier molecular flexibility index (Phi) is 5.54. The van der Waals surface area contributed by atoms with Gasteiger partial charge in [0.25, 0.3) is 5.91 Å². The van der Waals surface area contributed by atoms with Gasteiger partial charge < -0.3 is 18.9 Å². The molecule has 0 atom stereocenters. The van der Waals surface area contributed by atoms with Gasteiger partial charge in [0.15, 0.2) is 11.3 Å². The number of ether oxygens (including phenoxy) is 1. The van der Waals surface area contributed by atoms with Crippen molar-refractivity contribution in [3.05, 3.63) is 88.6 Å². The first kappa shape index (κ1) is 21.1. The molecule has 33 heavy (non-hydrogen) atoms. The molecule has 1 N–H and O–H groups in total. The Morgan fingerprint density at radius 2 is 1.85 bits per heavy atom. The Morgan fingerprint density at radius 1 is 0.970 bits per heavy atom. The van der Waals surface area contributed by atoms with E-state index in [1.165, 1.54) is 0 Å². The summed E-state index contributed by atoms with van der Waals surface area (Å²) in [6, 6.07) is 21.0. The molecule has 5 rings (SSSR count). The van der Waals surface area contributed by atoms with E-state index in [1.54, 1.807) is 67.8 Å². The summed E-state index contributed by atoms with van der Waals surface area (Å²) in [4.78, 5) is 17.3. The van der Waals surface area contributed by atoms with Crippen molar-refractivity contribution in [3.8, 4) is 28.5 Å². The van der Waals surface area contributed by atoms with Gasteiger partial charge >= 0.3 is 0 Å². The zero-order valence-electron chi connectivity index (χ0n) is 17.3. The topological polar surface area (TPSA) is 77.5 Å². The van der Waals surface area contributed by atoms with Crippen LogP contribution in [0.5, 0.6) is 5.75 Å². The molecule has 0 spiro atoms. The van der Waals surface area contributed by atoms with E-state index in [9.17, 15) is 4.79 Å². The number of anilines is 1. The molecule has 0 bridgehead atoms. The van der Waals surface area contributed by atoms with Crippen LogP contribution in [0, 0.1) is 0 Å². The van der Waals surface area contributed by atoms with Gasteiger partial charge in [-0.2, -0.15) is 0 Å². The number of halogens is 2. The second-order valence-corrected chi connectivity index (χ2v) is 8.02. The molecule has 2 heterocycles. The number of methoxy groups -OCH3 is 1. The molecule has 0 aliphatic heterocycles. The van der Waals surface area contributed by atoms with Crippen LogP contribution < -0.4 is 10.1 Å². The highest BCUT2D eigenvalue weighted by Gasteiger charge is 2.16. The fourth-order valence-electron chi connectivity index (χ4n) is 3.37. The predicted molar refractivity (Wildman–Crippen MR) is 128 cm³/mol. The maximum absolute atomic E-state index is 12.7. The Labute approximate surface area is 198 Å². The van der Waals surface area contributed by atoms with Crippen molar-refractivity contribution < 1.29 is 18.4 Å². The van der Waals surface area contributed by atoms with Crippen molar-refractivity contribution in [2.24, 2.45) is 0 Å². The van der Waals surface area contributed by atoms with Gasteiger partial charge in [0.1, 0.15) is 17.0 Å². The largest absolute Gasteiger partial charge is 0.497 e. The molecule has 5 aromatic rings. The van der Waals surface area contributed by atoms with Gasteiger partial charge in [0, 0.05) is 27.9 Å². The number of carbonyl (C=O) groups excluding carboxylic acids is 1. The summed E-state index contributed by atoms with van der Waals surface area (Å²) < 4.78 is 16.8. The number of rotatable bonds is 5. The Bertz CT molecular complexity index is 1490. The number of furan rings is 1. The van der Waals surface area contributed by atoms with Gasteiger partial charge in [-0.05, 0) is 60.7 Å². The Balaban J connectivity index is 1.37. The van der Waals surface area contributed by atoms with E-state index < -0.39 is 5.91 Å². The minimum absolute atomic E-state index is 0.148. The minimum Gasteiger partial charge on any atom is -0.497 e. The molecular formula is C25H16Cl2N2O4. The van der Waals surface area contributed by atoms with Crippen molar-refractivity contribution >= 4 is 45.9 Å². The number of carbonyl (C=O) groups is 1. The zero-order chi connectivity index (χ0) is 22.9. The summed E-state index contributed by atoms with van der Waals surface area (Å²) in [5.74, 6) is 1.35. The maximum atomic E-state index is 12.7. The van der Waals surface area contributed by atoms with Gasteiger partial charge in [-0.1, -0.05) is 29.3 Å². The smallest absolute Gasteiger partial charge is 0.291 e. The summed E-state index contributed by atoms with van der Waals surface area (Å²) in [6.45, 7) is 0. The van der Waals surface area contributed by atoms with Gasteiger partial charge in [-0.25, -0.2) is 4.98 Å². The van der Waals surface area contributed by atoms with Crippen molar-refractivity contribution in [1.29, 1.82) is 0 Å². The summed E-state index contributed by atoms with van der Waals surface area (Å²) >= 11 is 12.2. The summed E-state index contributed by atoms with van der Waals surface area (Å²) in [5.41, 5.74) is 3.26. The average Bonchev–Trinajstić information content (AvgIpc) is 3.46. The lowest BCUT2D eigenvalue weighted by atomic mass is 10.2. The molecule has 0 aliphatic carbocycles. The summed E-state index contributed by atoms with van der Waals surface area (Å²) in [5, 5.41) is 3.79. The highest BCUT2D eigenvalue weighted by Crippen LogP contribution is 2.32. The molecule has 0 aliphatic rings. The van der Waals surface area contributed by atoms with E-state index in [1.807, 2.05) is 12.1 Å². The lowest BCUT2D eigenvalue weighted by Gasteiger charge is -2.05. The monoisotopic (exact) mass is 478 g/mol. The molecule has 0 unspecified atom stereocenters. The molecule has 3 aromatic carbocycles. The number of nitrogens with one attached hydrogen (secondary N) is 1. The molecule has 164 valence electrons. The van der Waals surface area contributed by atoms with E-state index in [0.29, 0.717) is 49.8 Å². The van der Waals surface area contributed by atoms with Gasteiger partial charge in [0.2, 0.25) is 5.89 Å². The van der Waals surface area contributed by atoms with Crippen LogP contribution in [-0.4, -0.2) is 18.0 Å². The molecule has 6 nitrogen and oxygen atoms in total. The van der Waals surface area contributed by atoms with E-state index in [-0.39, 0.29) is 5.76 Å². The Morgan fingerprint density at radius 3 is 2.67 bits per heavy atom. The van der Waals surface area contributed by atoms with Crippen molar-refractivity contribution in [1.82, 2.24) is 4.98 Å². The number of hydrogen-bond acceptors (Lipinski definition) is 5. The number of fused-ring (bicyclic) bond motifs is 1. The lowest BCUT2D eigenvalue weighted by molar-refractivity contribution is 0.0997. The molecular weight excluding hydrogens is 463 g/mol. The fourth-order valence-corrected chi connectivity index (χ4v) is 3.88. The van der Waals surface area contributed by atoms with Crippen LogP contribution in [0.3, 0.4) is 0 Å². The maximum Gasteiger partial charge on any atom is 0.291 e. The van der Waals surface area contributed by atoms with Crippen LogP contribution in [0.25, 0.3) is 33.9 Å². The second kappa shape index (κ2) is 8.65. The summed E-state index contributed by atoms with van der Waals surface area (Å²) in [6.07, 6.45) is 0. The van der Waals surface area contributed by atoms with E-state index in [2.05, 4.69) is 10.3 Å². The van der Waals surface area contributed by atoms with Gasteiger partial charge in [-0.3, -0.25) is 4.79 Å². The zero-order valence-corrected chi connectivity index (χ0v) is 18.8. The van der Waals surface area contributed by atoms with Gasteiger partial charge in [-0.15, -0.1) is 0 Å². The fraction of sp³-hybridized carbons (Fsp3) is 0.0400. The highest BCUT2D eigenvalue weighted by molar-refractivity contribution is 6.36. The first-order chi connectivity index (χ1) is 16.0. The van der Waals surface area contributed by atoms with Crippen LogP contribution in [0.2, 0.25) is 10.0 Å². The van der Waals surface area contributed by atoms with Gasteiger partial charge in [0.05, 0.1) is 12.1 Å². The quantitative estimate of drug-likeness (QED) is 0.286. The molecule has 0 saturated heterocycles. The van der Waals surface area contributed by atoms with Crippen molar-refractivity contribution in [2.75, 3.05) is 12.4 Å². The van der Waals surface area contributed by atoms with Crippen molar-refractivity contribution in [2.45, 2.75) is 0 Å². The molecule has 0 saturated carbocycles. The number of amides is 1. The van der Waals surface area contributed by atoms with Crippen molar-refractivity contribution in [3.63, 3.8) is 0 Å². The molecule has 2 aromatic heterocycles. The minimum atomic E-state index is -0.397. The molecule has 0 radical (unpaired) electrons. The van der Waals surface area contributed by atoms with Crippen LogP contribution in [0.15, 0.2) is 81.6 Å². The summed E-state index contributed by atoms with van der Waals surface area (Å²) in [7, 11) is 1.60. The molecule has 8 heteroatoms. The average molecular weight is 479 g/mol. The number of nitrogens with zero attached hydrogens (tertiary/aromatic N) is 1. The van der Waals surface area contributed by atoms with Crippen LogP contribution in [-0.2, 0) is 0 Å². The third-order valence-electron chi connectivity index (χ3n) is 4.99. The number of benzene rings is 3. The highest BCUT2D eigenvalue weighted by atomic mass is 35.5. The van der Waals surface area contributed by atoms with E-state index in [4.69, 9.17) is 36.8 Å².